The second kappa shape index (κ2) is 13.8. The number of rotatable bonds is 10. The summed E-state index contributed by atoms with van der Waals surface area (Å²) in [4.78, 5) is 44.4. The molecule has 0 radical (unpaired) electrons. The fourth-order valence-corrected chi connectivity index (χ4v) is 5.41. The topological polar surface area (TPSA) is 105 Å². The van der Waals surface area contributed by atoms with Crippen LogP contribution in [0.25, 0.3) is 0 Å². The highest BCUT2D eigenvalue weighted by Crippen LogP contribution is 2.31. The number of carboxylic acids is 1. The summed E-state index contributed by atoms with van der Waals surface area (Å²) in [5.74, 6) is -2.39. The number of alkyl carbamates (subject to hydrolysis) is 1. The van der Waals surface area contributed by atoms with E-state index in [1.807, 2.05) is 35.4 Å². The summed E-state index contributed by atoms with van der Waals surface area (Å²) in [7, 11) is 0. The van der Waals surface area contributed by atoms with Crippen LogP contribution in [0.1, 0.15) is 97.0 Å². The Hall–Kier alpha value is -2.61. The Morgan fingerprint density at radius 2 is 1.49 bits per heavy atom. The molecule has 0 spiro atoms. The first kappa shape index (κ1) is 29.0. The lowest BCUT2D eigenvalue weighted by molar-refractivity contribution is -0.227. The second-order valence-electron chi connectivity index (χ2n) is 11.5. The zero-order valence-electron chi connectivity index (χ0n) is 22.6. The molecule has 1 amide bonds. The van der Waals surface area contributed by atoms with Crippen molar-refractivity contribution in [2.75, 3.05) is 0 Å². The molecule has 1 unspecified atom stereocenters. The largest absolute Gasteiger partial charge is 0.480 e. The molecule has 0 aliphatic heterocycles. The van der Waals surface area contributed by atoms with E-state index >= 15 is 0 Å². The molecule has 1 aromatic carbocycles. The Bertz CT molecular complexity index is 854. The number of carbonyl (C=O) groups excluding carboxylic acids is 2. The summed E-state index contributed by atoms with van der Waals surface area (Å²) in [6.45, 7) is 5.13. The molecule has 206 valence electrons. The monoisotopic (exact) mass is 516 g/mol. The number of ether oxygens (including phenoxy) is 1. The molecule has 2 N–H and O–H groups in total. The van der Waals surface area contributed by atoms with Crippen LogP contribution in [0.15, 0.2) is 30.3 Å². The highest BCUT2D eigenvalue weighted by molar-refractivity contribution is 5.81. The van der Waals surface area contributed by atoms with Gasteiger partial charge in [0.05, 0.1) is 5.92 Å². The van der Waals surface area contributed by atoms with Crippen LogP contribution < -0.4 is 5.32 Å². The van der Waals surface area contributed by atoms with Gasteiger partial charge in [-0.3, -0.25) is 4.79 Å². The van der Waals surface area contributed by atoms with Gasteiger partial charge in [-0.15, -0.1) is 5.06 Å². The van der Waals surface area contributed by atoms with Crippen LogP contribution in [0.3, 0.4) is 0 Å². The standard InChI is InChI=1S/C29H44N2O6/c1-29(2,3)36-28(35)30-25(26(32)33)20-22(19-21-13-7-4-8-14-21)27(34)37-31(23-15-9-5-10-16-23)24-17-11-6-12-18-24/h4,7-8,13-14,22-25H,5-6,9-12,15-20H2,1-3H3,(H,30,35)(H,32,33)/t22?,25-/m0/s1. The van der Waals surface area contributed by atoms with E-state index in [1.165, 1.54) is 12.8 Å². The van der Waals surface area contributed by atoms with Gasteiger partial charge in [0.15, 0.2) is 0 Å². The number of hydroxylamine groups is 2. The number of carboxylic acid groups (broad SMARTS) is 1. The molecule has 37 heavy (non-hydrogen) atoms. The van der Waals surface area contributed by atoms with Crippen molar-refractivity contribution < 1.29 is 29.1 Å². The molecule has 2 fully saturated rings. The van der Waals surface area contributed by atoms with Crippen molar-refractivity contribution in [3.8, 4) is 0 Å². The van der Waals surface area contributed by atoms with Gasteiger partial charge in [0.2, 0.25) is 0 Å². The minimum atomic E-state index is -1.28. The Morgan fingerprint density at radius 3 is 1.97 bits per heavy atom. The first-order valence-corrected chi connectivity index (χ1v) is 13.9. The van der Waals surface area contributed by atoms with Crippen LogP contribution in [0.4, 0.5) is 4.79 Å². The molecule has 0 heterocycles. The van der Waals surface area contributed by atoms with Gasteiger partial charge in [-0.1, -0.05) is 68.9 Å². The fraction of sp³-hybridized carbons (Fsp3) is 0.690. The minimum absolute atomic E-state index is 0.0918. The van der Waals surface area contributed by atoms with E-state index in [0.29, 0.717) is 6.42 Å². The minimum Gasteiger partial charge on any atom is -0.480 e. The molecule has 8 heteroatoms. The highest BCUT2D eigenvalue weighted by Gasteiger charge is 2.36. The predicted octanol–water partition coefficient (Wildman–Crippen LogP) is 5.64. The number of nitrogens with zero attached hydrogens (tertiary/aromatic N) is 1. The number of aliphatic carboxylic acids is 1. The summed E-state index contributed by atoms with van der Waals surface area (Å²) in [5.41, 5.74) is 0.142. The van der Waals surface area contributed by atoms with Gasteiger partial charge < -0.3 is 20.0 Å². The van der Waals surface area contributed by atoms with Gasteiger partial charge in [-0.05, 0) is 64.9 Å². The van der Waals surface area contributed by atoms with Crippen molar-refractivity contribution in [2.24, 2.45) is 5.92 Å². The smallest absolute Gasteiger partial charge is 0.408 e. The van der Waals surface area contributed by atoms with Gasteiger partial charge in [0.25, 0.3) is 0 Å². The maximum absolute atomic E-state index is 13.7. The van der Waals surface area contributed by atoms with Crippen molar-refractivity contribution in [1.82, 2.24) is 10.4 Å². The van der Waals surface area contributed by atoms with Crippen molar-refractivity contribution in [3.63, 3.8) is 0 Å². The van der Waals surface area contributed by atoms with Gasteiger partial charge in [0, 0.05) is 12.1 Å². The average Bonchev–Trinajstić information content (AvgIpc) is 2.86. The molecule has 1 aromatic rings. The Kier molecular flexibility index (Phi) is 10.8. The lowest BCUT2D eigenvalue weighted by Gasteiger charge is -2.40. The van der Waals surface area contributed by atoms with Crippen LogP contribution in [-0.4, -0.2) is 51.9 Å². The van der Waals surface area contributed by atoms with E-state index < -0.39 is 35.6 Å². The SMILES string of the molecule is CC(C)(C)OC(=O)N[C@@H](CC(Cc1ccccc1)C(=O)ON(C1CCCCC1)C1CCCCC1)C(=O)O. The van der Waals surface area contributed by atoms with E-state index in [-0.39, 0.29) is 18.5 Å². The van der Waals surface area contributed by atoms with Crippen molar-refractivity contribution in [3.05, 3.63) is 35.9 Å². The number of hydrogen-bond donors (Lipinski definition) is 2. The van der Waals surface area contributed by atoms with Crippen LogP contribution in [-0.2, 0) is 25.6 Å². The molecule has 0 aromatic heterocycles. The molecule has 2 saturated carbocycles. The average molecular weight is 517 g/mol. The second-order valence-corrected chi connectivity index (χ2v) is 11.5. The van der Waals surface area contributed by atoms with Gasteiger partial charge in [-0.25, -0.2) is 9.59 Å². The Labute approximate surface area is 221 Å². The number of amides is 1. The fourth-order valence-electron chi connectivity index (χ4n) is 5.41. The molecule has 3 rings (SSSR count). The first-order valence-electron chi connectivity index (χ1n) is 13.9. The van der Waals surface area contributed by atoms with E-state index in [2.05, 4.69) is 5.32 Å². The molecule has 2 atom stereocenters. The van der Waals surface area contributed by atoms with Crippen LogP contribution in [0, 0.1) is 5.92 Å². The predicted molar refractivity (Wildman–Crippen MR) is 141 cm³/mol. The molecular weight excluding hydrogens is 472 g/mol. The van der Waals surface area contributed by atoms with Gasteiger partial charge in [-0.2, -0.15) is 0 Å². The summed E-state index contributed by atoms with van der Waals surface area (Å²) < 4.78 is 5.26. The Balaban J connectivity index is 1.79. The third-order valence-corrected chi connectivity index (χ3v) is 7.23. The number of carbonyl (C=O) groups is 3. The first-order chi connectivity index (χ1) is 17.6. The lowest BCUT2D eigenvalue weighted by atomic mass is 9.90. The quantitative estimate of drug-likeness (QED) is 0.388. The third kappa shape index (κ3) is 9.65. The van der Waals surface area contributed by atoms with Crippen LogP contribution >= 0.6 is 0 Å². The molecule has 2 aliphatic rings. The van der Waals surface area contributed by atoms with Crippen molar-refractivity contribution >= 4 is 18.0 Å². The molecular formula is C29H44N2O6. The van der Waals surface area contributed by atoms with Gasteiger partial charge in [0.1, 0.15) is 11.6 Å². The van der Waals surface area contributed by atoms with Crippen LogP contribution in [0.5, 0.6) is 0 Å². The van der Waals surface area contributed by atoms with E-state index in [0.717, 1.165) is 56.9 Å². The van der Waals surface area contributed by atoms with E-state index in [9.17, 15) is 19.5 Å². The Morgan fingerprint density at radius 1 is 0.946 bits per heavy atom. The maximum atomic E-state index is 13.7. The summed E-state index contributed by atoms with van der Waals surface area (Å²) in [5, 5.41) is 14.3. The zero-order chi connectivity index (χ0) is 26.8. The zero-order valence-corrected chi connectivity index (χ0v) is 22.6. The molecule has 8 nitrogen and oxygen atoms in total. The lowest BCUT2D eigenvalue weighted by Crippen LogP contribution is -2.49. The van der Waals surface area contributed by atoms with Gasteiger partial charge >= 0.3 is 18.0 Å². The maximum Gasteiger partial charge on any atom is 0.408 e. The number of nitrogens with one attached hydrogen (secondary N) is 1. The number of benzene rings is 1. The van der Waals surface area contributed by atoms with E-state index in [4.69, 9.17) is 9.57 Å². The normalized spacial score (nSPS) is 19.1. The van der Waals surface area contributed by atoms with Crippen molar-refractivity contribution in [2.45, 2.75) is 122 Å². The third-order valence-electron chi connectivity index (χ3n) is 7.23. The summed E-state index contributed by atoms with van der Waals surface area (Å²) in [6, 6.07) is 8.63. The summed E-state index contributed by atoms with van der Waals surface area (Å²) in [6.07, 6.45) is 10.3. The molecule has 2 aliphatic carbocycles. The molecule has 0 saturated heterocycles. The van der Waals surface area contributed by atoms with Crippen molar-refractivity contribution in [1.29, 1.82) is 0 Å². The number of hydrogen-bond acceptors (Lipinski definition) is 6. The summed E-state index contributed by atoms with van der Waals surface area (Å²) >= 11 is 0. The van der Waals surface area contributed by atoms with E-state index in [1.54, 1.807) is 20.8 Å². The highest BCUT2D eigenvalue weighted by atomic mass is 16.7. The van der Waals surface area contributed by atoms with Crippen LogP contribution in [0.2, 0.25) is 0 Å². The molecule has 0 bridgehead atoms.